The zero-order valence-corrected chi connectivity index (χ0v) is 16.0. The number of carbonyl (C=O) groups excluding carboxylic acids is 1. The molecule has 0 atom stereocenters. The van der Waals surface area contributed by atoms with E-state index in [4.69, 9.17) is 0 Å². The predicted molar refractivity (Wildman–Crippen MR) is 107 cm³/mol. The molecule has 9 heteroatoms. The summed E-state index contributed by atoms with van der Waals surface area (Å²) >= 11 is 1.41. The first kappa shape index (κ1) is 17.6. The molecular weight excluding hydrogens is 384 g/mol. The number of nitrogens with one attached hydrogen (secondary N) is 2. The van der Waals surface area contributed by atoms with E-state index in [0.29, 0.717) is 10.8 Å². The molecule has 0 aliphatic carbocycles. The average Bonchev–Trinajstić information content (AvgIpc) is 3.00. The minimum absolute atomic E-state index is 0.0957. The molecule has 0 bridgehead atoms. The molecule has 0 spiro atoms. The van der Waals surface area contributed by atoms with Gasteiger partial charge in [0.05, 0.1) is 15.9 Å². The fourth-order valence-electron chi connectivity index (χ4n) is 2.77. The van der Waals surface area contributed by atoms with Gasteiger partial charge in [-0.25, -0.2) is 4.98 Å². The molecule has 1 aliphatic rings. The summed E-state index contributed by atoms with van der Waals surface area (Å²) in [6.07, 6.45) is 0.280. The van der Waals surface area contributed by atoms with Crippen LogP contribution in [-0.2, 0) is 14.8 Å². The van der Waals surface area contributed by atoms with Crippen molar-refractivity contribution in [1.82, 2.24) is 4.98 Å². The van der Waals surface area contributed by atoms with Gasteiger partial charge in [-0.15, -0.1) is 4.40 Å². The number of rotatable bonds is 4. The fourth-order valence-corrected chi connectivity index (χ4v) is 4.93. The number of sulfonamides is 1. The second-order valence-corrected chi connectivity index (χ2v) is 8.78. The largest absolute Gasteiger partial charge is 0.342 e. The van der Waals surface area contributed by atoms with Crippen LogP contribution in [0.3, 0.4) is 0 Å². The maximum Gasteiger partial charge on any atom is 0.286 e. The number of amidine groups is 1. The van der Waals surface area contributed by atoms with Crippen molar-refractivity contribution in [2.45, 2.75) is 24.7 Å². The zero-order chi connectivity index (χ0) is 19.0. The maximum atomic E-state index is 12.2. The van der Waals surface area contributed by atoms with Gasteiger partial charge >= 0.3 is 0 Å². The van der Waals surface area contributed by atoms with E-state index in [-0.39, 0.29) is 29.5 Å². The molecule has 4 rings (SSSR count). The van der Waals surface area contributed by atoms with Crippen molar-refractivity contribution in [3.63, 3.8) is 0 Å². The first-order chi connectivity index (χ1) is 12.9. The molecule has 0 fully saturated rings. The lowest BCUT2D eigenvalue weighted by Gasteiger charge is -2.17. The molecule has 3 aromatic rings. The SMILES string of the molecule is Cc1ccc2nc(NC(=O)CCC3=NS(=O)(=O)c4ccccc4N3)sc2c1. The molecule has 1 amide bonds. The quantitative estimate of drug-likeness (QED) is 0.698. The van der Waals surface area contributed by atoms with E-state index in [9.17, 15) is 13.2 Å². The molecule has 1 aromatic heterocycles. The Morgan fingerprint density at radius 3 is 2.89 bits per heavy atom. The van der Waals surface area contributed by atoms with Crippen molar-refractivity contribution >= 4 is 54.1 Å². The number of hydrogen-bond donors (Lipinski definition) is 2. The summed E-state index contributed by atoms with van der Waals surface area (Å²) in [5, 5.41) is 6.27. The van der Waals surface area contributed by atoms with Crippen molar-refractivity contribution in [2.75, 3.05) is 10.6 Å². The molecule has 7 nitrogen and oxygen atoms in total. The third kappa shape index (κ3) is 3.69. The molecule has 0 unspecified atom stereocenters. The van der Waals surface area contributed by atoms with Crippen LogP contribution < -0.4 is 10.6 Å². The van der Waals surface area contributed by atoms with E-state index in [1.807, 2.05) is 25.1 Å². The third-order valence-corrected chi connectivity index (χ3v) is 6.36. The highest BCUT2D eigenvalue weighted by Crippen LogP contribution is 2.28. The van der Waals surface area contributed by atoms with E-state index in [1.54, 1.807) is 18.2 Å². The zero-order valence-electron chi connectivity index (χ0n) is 14.4. The Labute approximate surface area is 160 Å². The van der Waals surface area contributed by atoms with Gasteiger partial charge in [0.1, 0.15) is 10.7 Å². The second kappa shape index (κ2) is 6.75. The van der Waals surface area contributed by atoms with Gasteiger partial charge in [-0.3, -0.25) is 4.79 Å². The van der Waals surface area contributed by atoms with Gasteiger partial charge in [0.25, 0.3) is 10.0 Å². The van der Waals surface area contributed by atoms with Gasteiger partial charge in [-0.2, -0.15) is 8.42 Å². The van der Waals surface area contributed by atoms with Crippen LogP contribution in [0.2, 0.25) is 0 Å². The van der Waals surface area contributed by atoms with Gasteiger partial charge in [-0.05, 0) is 36.8 Å². The number of fused-ring (bicyclic) bond motifs is 2. The van der Waals surface area contributed by atoms with Crippen LogP contribution >= 0.6 is 11.3 Å². The number of nitrogens with zero attached hydrogens (tertiary/aromatic N) is 2. The Hall–Kier alpha value is -2.78. The van der Waals surface area contributed by atoms with Crippen LogP contribution in [0.1, 0.15) is 18.4 Å². The molecule has 0 saturated carbocycles. The molecular formula is C18H16N4O3S2. The van der Waals surface area contributed by atoms with Gasteiger partial charge in [-0.1, -0.05) is 29.5 Å². The van der Waals surface area contributed by atoms with Crippen LogP contribution in [0.4, 0.5) is 10.8 Å². The number of carbonyl (C=O) groups is 1. The van der Waals surface area contributed by atoms with E-state index >= 15 is 0 Å². The Morgan fingerprint density at radius 2 is 2.04 bits per heavy atom. The highest BCUT2D eigenvalue weighted by Gasteiger charge is 2.24. The van der Waals surface area contributed by atoms with Crippen LogP contribution in [0, 0.1) is 6.92 Å². The highest BCUT2D eigenvalue weighted by molar-refractivity contribution is 7.90. The number of aromatic nitrogens is 1. The number of aryl methyl sites for hydroxylation is 1. The Morgan fingerprint density at radius 1 is 1.22 bits per heavy atom. The summed E-state index contributed by atoms with van der Waals surface area (Å²) in [6, 6.07) is 12.5. The van der Waals surface area contributed by atoms with E-state index in [2.05, 4.69) is 20.0 Å². The topological polar surface area (TPSA) is 101 Å². The lowest BCUT2D eigenvalue weighted by atomic mass is 10.2. The average molecular weight is 400 g/mol. The Balaban J connectivity index is 1.43. The lowest BCUT2D eigenvalue weighted by molar-refractivity contribution is -0.116. The third-order valence-electron chi connectivity index (χ3n) is 4.05. The minimum Gasteiger partial charge on any atom is -0.342 e. The predicted octanol–water partition coefficient (Wildman–Crippen LogP) is 3.54. The summed E-state index contributed by atoms with van der Waals surface area (Å²) in [4.78, 5) is 16.8. The minimum atomic E-state index is -3.74. The normalized spacial score (nSPS) is 14.9. The molecule has 2 heterocycles. The smallest absolute Gasteiger partial charge is 0.286 e. The van der Waals surface area contributed by atoms with Crippen LogP contribution in [0.15, 0.2) is 51.8 Å². The molecule has 138 valence electrons. The maximum absolute atomic E-state index is 12.2. The molecule has 0 radical (unpaired) electrons. The standard InChI is InChI=1S/C18H16N4O3S2/c1-11-6-7-12-14(10-11)26-18(20-12)21-17(23)9-8-16-19-13-4-2-3-5-15(13)27(24,25)22-16/h2-7,10H,8-9H2,1H3,(H,19,22)(H,20,21,23). The van der Waals surface area contributed by atoms with Gasteiger partial charge in [0.2, 0.25) is 5.91 Å². The Bertz CT molecular complexity index is 1180. The monoisotopic (exact) mass is 400 g/mol. The van der Waals surface area contributed by atoms with E-state index in [0.717, 1.165) is 15.8 Å². The number of para-hydroxylation sites is 1. The fraction of sp³-hybridized carbons (Fsp3) is 0.167. The first-order valence-electron chi connectivity index (χ1n) is 8.28. The van der Waals surface area contributed by atoms with Gasteiger partial charge < -0.3 is 10.6 Å². The lowest BCUT2D eigenvalue weighted by Crippen LogP contribution is -2.23. The van der Waals surface area contributed by atoms with Crippen molar-refractivity contribution in [3.8, 4) is 0 Å². The van der Waals surface area contributed by atoms with Gasteiger partial charge in [0, 0.05) is 12.8 Å². The van der Waals surface area contributed by atoms with E-state index in [1.165, 1.54) is 17.4 Å². The molecule has 0 saturated heterocycles. The number of thiazole rings is 1. The number of amides is 1. The summed E-state index contributed by atoms with van der Waals surface area (Å²) < 4.78 is 29.2. The van der Waals surface area contributed by atoms with Crippen LogP contribution in [-0.4, -0.2) is 25.1 Å². The highest BCUT2D eigenvalue weighted by atomic mass is 32.2. The van der Waals surface area contributed by atoms with Crippen LogP contribution in [0.25, 0.3) is 10.2 Å². The number of hydrogen-bond acceptors (Lipinski definition) is 6. The van der Waals surface area contributed by atoms with Crippen molar-refractivity contribution in [3.05, 3.63) is 48.0 Å². The second-order valence-electron chi connectivity index (χ2n) is 6.17. The summed E-state index contributed by atoms with van der Waals surface area (Å²) in [5.74, 6) is 0.00955. The summed E-state index contributed by atoms with van der Waals surface area (Å²) in [6.45, 7) is 2.00. The van der Waals surface area contributed by atoms with Gasteiger partial charge in [0.15, 0.2) is 5.13 Å². The molecule has 27 heavy (non-hydrogen) atoms. The van der Waals surface area contributed by atoms with E-state index < -0.39 is 10.0 Å². The first-order valence-corrected chi connectivity index (χ1v) is 10.5. The van der Waals surface area contributed by atoms with Crippen molar-refractivity contribution in [2.24, 2.45) is 4.40 Å². The molecule has 2 N–H and O–H groups in total. The molecule has 1 aliphatic heterocycles. The number of benzene rings is 2. The van der Waals surface area contributed by atoms with Crippen LogP contribution in [0.5, 0.6) is 0 Å². The Kier molecular flexibility index (Phi) is 4.40. The summed E-state index contributed by atoms with van der Waals surface area (Å²) in [5.41, 5.74) is 2.44. The summed E-state index contributed by atoms with van der Waals surface area (Å²) in [7, 11) is -3.74. The van der Waals surface area contributed by atoms with Crippen molar-refractivity contribution < 1.29 is 13.2 Å². The molecule has 2 aromatic carbocycles. The van der Waals surface area contributed by atoms with Crippen molar-refractivity contribution in [1.29, 1.82) is 0 Å². The number of anilines is 2.